The van der Waals surface area contributed by atoms with Crippen LogP contribution in [0.4, 0.5) is 5.69 Å². The van der Waals surface area contributed by atoms with E-state index in [0.717, 1.165) is 16.9 Å². The van der Waals surface area contributed by atoms with Crippen LogP contribution < -0.4 is 19.9 Å². The molecule has 23 heavy (non-hydrogen) atoms. The van der Waals surface area contributed by atoms with Crippen molar-refractivity contribution in [3.05, 3.63) is 47.5 Å². The van der Waals surface area contributed by atoms with Gasteiger partial charge < -0.3 is 24.8 Å². The Hall–Kier alpha value is -2.89. The van der Waals surface area contributed by atoms with Crippen LogP contribution in [0.1, 0.15) is 11.1 Å². The van der Waals surface area contributed by atoms with Gasteiger partial charge in [-0.25, -0.2) is 0 Å². The van der Waals surface area contributed by atoms with E-state index in [-0.39, 0.29) is 19.3 Å². The summed E-state index contributed by atoms with van der Waals surface area (Å²) in [6.07, 6.45) is 0. The largest absolute Gasteiger partial charge is 0.483 e. The van der Waals surface area contributed by atoms with Gasteiger partial charge in [-0.1, -0.05) is 6.07 Å². The highest BCUT2D eigenvalue weighted by atomic mass is 16.7. The molecular formula is C17H16N2O4. The molecule has 0 saturated carbocycles. The zero-order chi connectivity index (χ0) is 15.8. The Morgan fingerprint density at radius 3 is 2.74 bits per heavy atom. The average molecular weight is 312 g/mol. The quantitative estimate of drug-likeness (QED) is 0.858. The summed E-state index contributed by atoms with van der Waals surface area (Å²) in [5, 5.41) is 0. The molecule has 2 aliphatic rings. The maximum Gasteiger partial charge on any atom is 0.261 e. The van der Waals surface area contributed by atoms with Crippen LogP contribution in [0, 0.1) is 0 Å². The summed E-state index contributed by atoms with van der Waals surface area (Å²) in [5.74, 6) is 2.10. The van der Waals surface area contributed by atoms with Gasteiger partial charge in [-0.3, -0.25) is 4.79 Å². The minimum absolute atomic E-state index is 0.0292. The van der Waals surface area contributed by atoms with E-state index < -0.39 is 0 Å². The summed E-state index contributed by atoms with van der Waals surface area (Å²) in [7, 11) is 0. The number of nitrogens with zero attached hydrogens (tertiary/aromatic N) is 1. The molecule has 0 bridgehead atoms. The first-order chi connectivity index (χ1) is 11.2. The summed E-state index contributed by atoms with van der Waals surface area (Å²) in [6, 6.07) is 11.1. The Balaban J connectivity index is 1.59. The maximum atomic E-state index is 12.3. The number of anilines is 1. The average Bonchev–Trinajstić information content (AvgIpc) is 2.95. The third-order valence-electron chi connectivity index (χ3n) is 3.96. The van der Waals surface area contributed by atoms with E-state index in [0.29, 0.717) is 30.3 Å². The van der Waals surface area contributed by atoms with Crippen molar-refractivity contribution in [2.45, 2.75) is 13.1 Å². The molecule has 1 amide bonds. The van der Waals surface area contributed by atoms with Gasteiger partial charge in [-0.15, -0.1) is 0 Å². The van der Waals surface area contributed by atoms with Gasteiger partial charge >= 0.3 is 0 Å². The van der Waals surface area contributed by atoms with Gasteiger partial charge in [-0.2, -0.15) is 0 Å². The molecule has 4 rings (SSSR count). The van der Waals surface area contributed by atoms with Gasteiger partial charge in [0.1, 0.15) is 5.75 Å². The van der Waals surface area contributed by atoms with Crippen molar-refractivity contribution in [3.8, 4) is 17.2 Å². The molecule has 2 aromatic carbocycles. The van der Waals surface area contributed by atoms with Crippen molar-refractivity contribution < 1.29 is 19.0 Å². The molecule has 0 atom stereocenters. The molecule has 2 aliphatic heterocycles. The standard InChI is InChI=1S/C17H16N2O4/c18-13-2-4-14-12(6-13)8-19(17(20)9-21-14)7-11-1-3-15-16(5-11)23-10-22-15/h1-6H,7-10,18H2. The summed E-state index contributed by atoms with van der Waals surface area (Å²) in [5.41, 5.74) is 8.39. The topological polar surface area (TPSA) is 74.0 Å². The number of amides is 1. The number of nitrogen functional groups attached to an aromatic ring is 1. The number of carbonyl (C=O) groups is 1. The van der Waals surface area contributed by atoms with Gasteiger partial charge in [0.15, 0.2) is 18.1 Å². The number of hydrogen-bond acceptors (Lipinski definition) is 5. The van der Waals surface area contributed by atoms with Crippen molar-refractivity contribution in [3.63, 3.8) is 0 Å². The molecule has 6 heteroatoms. The fourth-order valence-electron chi connectivity index (χ4n) is 2.79. The number of ether oxygens (including phenoxy) is 3. The number of benzene rings is 2. The molecule has 2 N–H and O–H groups in total. The molecule has 2 aromatic rings. The number of fused-ring (bicyclic) bond motifs is 2. The van der Waals surface area contributed by atoms with E-state index in [1.165, 1.54) is 0 Å². The van der Waals surface area contributed by atoms with E-state index in [1.54, 1.807) is 11.0 Å². The zero-order valence-corrected chi connectivity index (χ0v) is 12.5. The second-order valence-corrected chi connectivity index (χ2v) is 5.59. The lowest BCUT2D eigenvalue weighted by molar-refractivity contribution is -0.133. The monoisotopic (exact) mass is 312 g/mol. The van der Waals surface area contributed by atoms with Crippen LogP contribution in [0.5, 0.6) is 17.2 Å². The smallest absolute Gasteiger partial charge is 0.261 e. The van der Waals surface area contributed by atoms with Gasteiger partial charge in [0.05, 0.1) is 0 Å². The minimum Gasteiger partial charge on any atom is -0.483 e. The molecule has 118 valence electrons. The molecule has 0 spiro atoms. The number of rotatable bonds is 2. The molecule has 0 aliphatic carbocycles. The molecule has 0 radical (unpaired) electrons. The second kappa shape index (κ2) is 5.39. The first-order valence-corrected chi connectivity index (χ1v) is 7.36. The summed E-state index contributed by atoms with van der Waals surface area (Å²) >= 11 is 0. The second-order valence-electron chi connectivity index (χ2n) is 5.59. The SMILES string of the molecule is Nc1ccc2c(c1)CN(Cc1ccc3c(c1)OCO3)C(=O)CO2. The maximum absolute atomic E-state index is 12.3. The lowest BCUT2D eigenvalue weighted by Crippen LogP contribution is -2.31. The Kier molecular flexibility index (Phi) is 3.22. The van der Waals surface area contributed by atoms with E-state index in [9.17, 15) is 4.79 Å². The van der Waals surface area contributed by atoms with E-state index >= 15 is 0 Å². The van der Waals surface area contributed by atoms with Crippen LogP contribution in [0.15, 0.2) is 36.4 Å². The summed E-state index contributed by atoms with van der Waals surface area (Å²) < 4.78 is 16.3. The fourth-order valence-corrected chi connectivity index (χ4v) is 2.79. The van der Waals surface area contributed by atoms with Crippen LogP contribution in [0.3, 0.4) is 0 Å². The normalized spacial score (nSPS) is 15.8. The first kappa shape index (κ1) is 13.8. The van der Waals surface area contributed by atoms with Crippen LogP contribution in [-0.2, 0) is 17.9 Å². The van der Waals surface area contributed by atoms with E-state index in [2.05, 4.69) is 0 Å². The van der Waals surface area contributed by atoms with Crippen LogP contribution in [-0.4, -0.2) is 24.2 Å². The molecule has 6 nitrogen and oxygen atoms in total. The fraction of sp³-hybridized carbons (Fsp3) is 0.235. The molecule has 0 aromatic heterocycles. The predicted octanol–water partition coefficient (Wildman–Crippen LogP) is 1.92. The number of hydrogen-bond donors (Lipinski definition) is 1. The van der Waals surface area contributed by atoms with Crippen molar-refractivity contribution in [1.82, 2.24) is 4.90 Å². The van der Waals surface area contributed by atoms with Gasteiger partial charge in [0, 0.05) is 24.3 Å². The van der Waals surface area contributed by atoms with Gasteiger partial charge in [-0.05, 0) is 35.9 Å². The molecule has 0 fully saturated rings. The Bertz CT molecular complexity index is 775. The predicted molar refractivity (Wildman–Crippen MR) is 83.2 cm³/mol. The summed E-state index contributed by atoms with van der Waals surface area (Å²) in [4.78, 5) is 14.1. The third kappa shape index (κ3) is 2.63. The Morgan fingerprint density at radius 2 is 1.83 bits per heavy atom. The first-order valence-electron chi connectivity index (χ1n) is 7.36. The highest BCUT2D eigenvalue weighted by molar-refractivity contribution is 5.78. The van der Waals surface area contributed by atoms with Crippen LogP contribution >= 0.6 is 0 Å². The lowest BCUT2D eigenvalue weighted by atomic mass is 10.1. The van der Waals surface area contributed by atoms with Crippen molar-refractivity contribution in [2.75, 3.05) is 19.1 Å². The lowest BCUT2D eigenvalue weighted by Gasteiger charge is -2.20. The number of carbonyl (C=O) groups excluding carboxylic acids is 1. The highest BCUT2D eigenvalue weighted by Gasteiger charge is 2.23. The molecule has 2 heterocycles. The Labute approximate surface area is 133 Å². The van der Waals surface area contributed by atoms with Crippen molar-refractivity contribution in [2.24, 2.45) is 0 Å². The number of nitrogens with two attached hydrogens (primary N) is 1. The van der Waals surface area contributed by atoms with Crippen LogP contribution in [0.25, 0.3) is 0 Å². The summed E-state index contributed by atoms with van der Waals surface area (Å²) in [6.45, 7) is 1.21. The zero-order valence-electron chi connectivity index (χ0n) is 12.5. The molecule has 0 unspecified atom stereocenters. The van der Waals surface area contributed by atoms with Crippen molar-refractivity contribution in [1.29, 1.82) is 0 Å². The Morgan fingerprint density at radius 1 is 1.00 bits per heavy atom. The molecular weight excluding hydrogens is 296 g/mol. The van der Waals surface area contributed by atoms with E-state index in [1.807, 2.05) is 30.3 Å². The molecule has 0 saturated heterocycles. The van der Waals surface area contributed by atoms with Gasteiger partial charge in [0.2, 0.25) is 6.79 Å². The van der Waals surface area contributed by atoms with Crippen molar-refractivity contribution >= 4 is 11.6 Å². The van der Waals surface area contributed by atoms with Gasteiger partial charge in [0.25, 0.3) is 5.91 Å². The highest BCUT2D eigenvalue weighted by Crippen LogP contribution is 2.33. The van der Waals surface area contributed by atoms with Crippen LogP contribution in [0.2, 0.25) is 0 Å². The third-order valence-corrected chi connectivity index (χ3v) is 3.96. The minimum atomic E-state index is -0.0579. The van der Waals surface area contributed by atoms with E-state index in [4.69, 9.17) is 19.9 Å².